The van der Waals surface area contributed by atoms with Gasteiger partial charge in [-0.1, -0.05) is 12.1 Å². The Balaban J connectivity index is 2.08. The average Bonchev–Trinajstić information content (AvgIpc) is 2.65. The van der Waals surface area contributed by atoms with E-state index in [1.54, 1.807) is 12.1 Å². The van der Waals surface area contributed by atoms with Gasteiger partial charge in [0.15, 0.2) is 15.6 Å². The van der Waals surface area contributed by atoms with Crippen molar-refractivity contribution in [1.29, 1.82) is 10.5 Å². The first-order valence-electron chi connectivity index (χ1n) is 7.75. The van der Waals surface area contributed by atoms with Gasteiger partial charge in [0.1, 0.15) is 17.4 Å². The average molecular weight is 398 g/mol. The lowest BCUT2D eigenvalue weighted by Gasteiger charge is -1.99. The van der Waals surface area contributed by atoms with Crippen LogP contribution in [0.1, 0.15) is 22.3 Å². The molecule has 0 N–H and O–H groups in total. The summed E-state index contributed by atoms with van der Waals surface area (Å²) in [6, 6.07) is 10.7. The number of benzene rings is 2. The van der Waals surface area contributed by atoms with E-state index in [4.69, 9.17) is 10.5 Å². The van der Waals surface area contributed by atoms with E-state index in [1.165, 1.54) is 24.3 Å². The molecule has 0 saturated heterocycles. The minimum absolute atomic E-state index is 0.0277. The molecule has 0 saturated carbocycles. The molecule has 0 aromatic heterocycles. The molecule has 8 heteroatoms. The maximum absolute atomic E-state index is 13.7. The molecule has 0 spiro atoms. The molecule has 5 nitrogen and oxygen atoms in total. The van der Waals surface area contributed by atoms with Crippen LogP contribution in [0, 0.1) is 34.3 Å². The van der Waals surface area contributed by atoms with Crippen molar-refractivity contribution in [1.82, 2.24) is 0 Å². The molecule has 28 heavy (non-hydrogen) atoms. The van der Waals surface area contributed by atoms with Crippen LogP contribution in [-0.4, -0.2) is 20.0 Å². The van der Waals surface area contributed by atoms with Crippen molar-refractivity contribution in [2.45, 2.75) is 0 Å². The molecule has 0 unspecified atom stereocenters. The third kappa shape index (κ3) is 5.70. The first kappa shape index (κ1) is 20.7. The van der Waals surface area contributed by atoms with Gasteiger partial charge in [-0.25, -0.2) is 17.2 Å². The number of allylic oxidation sites excluding steroid dienone is 1. The molecule has 0 atom stereocenters. The lowest BCUT2D eigenvalue weighted by Crippen LogP contribution is -2.11. The Morgan fingerprint density at radius 2 is 1.43 bits per heavy atom. The van der Waals surface area contributed by atoms with Crippen LogP contribution in [0.2, 0.25) is 0 Å². The molecule has 0 radical (unpaired) electrons. The number of ketones is 1. The fourth-order valence-electron chi connectivity index (χ4n) is 2.12. The van der Waals surface area contributed by atoms with Gasteiger partial charge in [0.2, 0.25) is 0 Å². The van der Waals surface area contributed by atoms with E-state index >= 15 is 0 Å². The molecule has 0 aliphatic rings. The fourth-order valence-corrected chi connectivity index (χ4v) is 3.06. The van der Waals surface area contributed by atoms with E-state index in [-0.39, 0.29) is 22.3 Å². The Morgan fingerprint density at radius 3 is 1.89 bits per heavy atom. The topological polar surface area (TPSA) is 98.8 Å². The van der Waals surface area contributed by atoms with Gasteiger partial charge in [-0.15, -0.1) is 0 Å². The highest BCUT2D eigenvalue weighted by Crippen LogP contribution is 2.14. The smallest absolute Gasteiger partial charge is 0.179 e. The van der Waals surface area contributed by atoms with Crippen LogP contribution < -0.4 is 0 Å². The van der Waals surface area contributed by atoms with Gasteiger partial charge < -0.3 is 0 Å². The number of rotatable bonds is 6. The van der Waals surface area contributed by atoms with E-state index in [1.807, 2.05) is 0 Å². The number of hydrogen-bond donors (Lipinski definition) is 0. The van der Waals surface area contributed by atoms with Gasteiger partial charge in [0.25, 0.3) is 0 Å². The van der Waals surface area contributed by atoms with Gasteiger partial charge in [-0.2, -0.15) is 10.5 Å². The van der Waals surface area contributed by atoms with E-state index in [9.17, 15) is 22.0 Å². The molecule has 140 valence electrons. The van der Waals surface area contributed by atoms with Crippen molar-refractivity contribution in [3.05, 3.63) is 81.8 Å². The lowest BCUT2D eigenvalue weighted by molar-refractivity contribution is -0.112. The largest absolute Gasteiger partial charge is 0.294 e. The van der Waals surface area contributed by atoms with E-state index < -0.39 is 33.0 Å². The van der Waals surface area contributed by atoms with Gasteiger partial charge in [-0.05, 0) is 42.5 Å². The van der Waals surface area contributed by atoms with Crippen molar-refractivity contribution < 1.29 is 22.0 Å². The summed E-state index contributed by atoms with van der Waals surface area (Å²) >= 11 is 0. The van der Waals surface area contributed by atoms with Crippen LogP contribution in [0.25, 0.3) is 12.2 Å². The Morgan fingerprint density at radius 1 is 0.929 bits per heavy atom. The molecule has 0 bridgehead atoms. The second kappa shape index (κ2) is 8.85. The number of nitriles is 2. The number of hydrogen-bond acceptors (Lipinski definition) is 5. The van der Waals surface area contributed by atoms with Crippen molar-refractivity contribution >= 4 is 27.8 Å². The number of sulfone groups is 1. The zero-order valence-electron chi connectivity index (χ0n) is 14.3. The van der Waals surface area contributed by atoms with Crippen LogP contribution in [0.3, 0.4) is 0 Å². The first-order chi connectivity index (χ1) is 13.2. The zero-order valence-corrected chi connectivity index (χ0v) is 15.1. The minimum atomic E-state index is -3.99. The quantitative estimate of drug-likeness (QED) is 0.695. The van der Waals surface area contributed by atoms with E-state index in [2.05, 4.69) is 0 Å². The monoisotopic (exact) mass is 398 g/mol. The van der Waals surface area contributed by atoms with Gasteiger partial charge >= 0.3 is 0 Å². The number of carbonyl (C=O) groups is 1. The van der Waals surface area contributed by atoms with Crippen molar-refractivity contribution in [2.75, 3.05) is 5.75 Å². The Kier molecular flexibility index (Phi) is 6.54. The highest BCUT2D eigenvalue weighted by Gasteiger charge is 2.12. The summed E-state index contributed by atoms with van der Waals surface area (Å²) in [5, 5.41) is 18.1. The Bertz CT molecular complexity index is 1170. The highest BCUT2D eigenvalue weighted by molar-refractivity contribution is 7.95. The molecule has 0 aliphatic carbocycles. The Labute approximate surface area is 160 Å². The molecule has 0 amide bonds. The standard InChI is InChI=1S/C20H12F2N2O3S/c21-19-9-14(11-23)1-3-16(19)5-6-18(25)13-28(26,27)8-7-17-4-2-15(12-24)10-20(17)22/h1-10H,13H2/b6-5+,8-7-. The number of carbonyl (C=O) groups excluding carboxylic acids is 1. The zero-order chi connectivity index (χ0) is 20.7. The van der Waals surface area contributed by atoms with Crippen LogP contribution in [0.5, 0.6) is 0 Å². The number of nitrogens with zero attached hydrogens (tertiary/aromatic N) is 2. The van der Waals surface area contributed by atoms with Gasteiger partial charge in [0.05, 0.1) is 23.3 Å². The van der Waals surface area contributed by atoms with Gasteiger partial charge in [-0.3, -0.25) is 4.79 Å². The third-order valence-electron chi connectivity index (χ3n) is 3.51. The molecule has 2 rings (SSSR count). The van der Waals surface area contributed by atoms with Crippen LogP contribution in [-0.2, 0) is 14.6 Å². The molecule has 2 aromatic carbocycles. The summed E-state index contributed by atoms with van der Waals surface area (Å²) in [5.41, 5.74) is 0.182. The second-order valence-corrected chi connectivity index (χ2v) is 7.49. The SMILES string of the molecule is N#Cc1ccc(/C=C\S(=O)(=O)CC(=O)/C=C/c2ccc(C#N)cc2F)c(F)c1. The van der Waals surface area contributed by atoms with Crippen molar-refractivity contribution in [3.63, 3.8) is 0 Å². The normalized spacial score (nSPS) is 11.4. The Hall–Kier alpha value is -3.62. The lowest BCUT2D eigenvalue weighted by atomic mass is 10.1. The van der Waals surface area contributed by atoms with Crippen molar-refractivity contribution in [3.8, 4) is 12.1 Å². The maximum Gasteiger partial charge on any atom is 0.179 e. The van der Waals surface area contributed by atoms with Crippen LogP contribution in [0.4, 0.5) is 8.78 Å². The predicted molar refractivity (Wildman–Crippen MR) is 99.1 cm³/mol. The van der Waals surface area contributed by atoms with Crippen LogP contribution >= 0.6 is 0 Å². The summed E-state index contributed by atoms with van der Waals surface area (Å²) in [7, 11) is -3.99. The summed E-state index contributed by atoms with van der Waals surface area (Å²) in [6.07, 6.45) is 3.01. The first-order valence-corrected chi connectivity index (χ1v) is 9.46. The maximum atomic E-state index is 13.7. The summed E-state index contributed by atoms with van der Waals surface area (Å²) in [5.74, 6) is -3.17. The van der Waals surface area contributed by atoms with Crippen LogP contribution in [0.15, 0.2) is 47.9 Å². The third-order valence-corrected chi connectivity index (χ3v) is 4.74. The molecular weight excluding hydrogens is 386 g/mol. The number of halogens is 2. The highest BCUT2D eigenvalue weighted by atomic mass is 32.2. The second-order valence-electron chi connectivity index (χ2n) is 5.61. The van der Waals surface area contributed by atoms with Crippen molar-refractivity contribution in [2.24, 2.45) is 0 Å². The molecule has 2 aromatic rings. The fraction of sp³-hybridized carbons (Fsp3) is 0.0500. The molecule has 0 heterocycles. The van der Waals surface area contributed by atoms with E-state index in [0.717, 1.165) is 30.4 Å². The van der Waals surface area contributed by atoms with Gasteiger partial charge in [0, 0.05) is 16.5 Å². The molecule has 0 fully saturated rings. The van der Waals surface area contributed by atoms with E-state index in [0.29, 0.717) is 5.41 Å². The predicted octanol–water partition coefficient (Wildman–Crippen LogP) is 3.38. The molecular formula is C20H12F2N2O3S. The minimum Gasteiger partial charge on any atom is -0.294 e. The summed E-state index contributed by atoms with van der Waals surface area (Å²) in [4.78, 5) is 11.8. The summed E-state index contributed by atoms with van der Waals surface area (Å²) < 4.78 is 51.4. The summed E-state index contributed by atoms with van der Waals surface area (Å²) in [6.45, 7) is 0. The molecule has 0 aliphatic heterocycles.